The van der Waals surface area contributed by atoms with Crippen LogP contribution >= 0.6 is 0 Å². The first-order valence-corrected chi connectivity index (χ1v) is 6.77. The number of hydrogen-bond donors (Lipinski definition) is 1. The van der Waals surface area contributed by atoms with Gasteiger partial charge >= 0.3 is 0 Å². The third-order valence-corrected chi connectivity index (χ3v) is 3.82. The minimum atomic E-state index is -0.448. The fourth-order valence-corrected chi connectivity index (χ4v) is 2.69. The summed E-state index contributed by atoms with van der Waals surface area (Å²) in [4.78, 5) is 3.65. The molecule has 0 spiro atoms. The van der Waals surface area contributed by atoms with E-state index in [-0.39, 0.29) is 0 Å². The van der Waals surface area contributed by atoms with E-state index in [0.29, 0.717) is 12.0 Å². The first-order valence-electron chi connectivity index (χ1n) is 6.77. The van der Waals surface area contributed by atoms with E-state index < -0.39 is 5.95 Å². The highest BCUT2D eigenvalue weighted by Gasteiger charge is 2.31. The fraction of sp³-hybridized carbons (Fsp3) is 0.312. The summed E-state index contributed by atoms with van der Waals surface area (Å²) < 4.78 is 18.1. The average Bonchev–Trinajstić information content (AvgIpc) is 2.44. The lowest BCUT2D eigenvalue weighted by atomic mass is 9.75. The topological polar surface area (TPSA) is 34.1 Å². The van der Waals surface area contributed by atoms with Gasteiger partial charge in [0.25, 0.3) is 0 Å². The van der Waals surface area contributed by atoms with Gasteiger partial charge in [0.1, 0.15) is 5.75 Å². The van der Waals surface area contributed by atoms with Crippen LogP contribution in [0.15, 0.2) is 42.6 Å². The van der Waals surface area contributed by atoms with Crippen molar-refractivity contribution in [3.8, 4) is 5.75 Å². The Kier molecular flexibility index (Phi) is 3.54. The summed E-state index contributed by atoms with van der Waals surface area (Å²) in [5.74, 6) is 1.03. The van der Waals surface area contributed by atoms with Gasteiger partial charge < -0.3 is 10.1 Å². The molecule has 3 rings (SSSR count). The van der Waals surface area contributed by atoms with Crippen molar-refractivity contribution in [2.24, 2.45) is 0 Å². The zero-order valence-corrected chi connectivity index (χ0v) is 11.3. The molecule has 4 heteroatoms. The first-order chi connectivity index (χ1) is 9.76. The van der Waals surface area contributed by atoms with Crippen LogP contribution in [0, 0.1) is 5.95 Å². The maximum atomic E-state index is 12.7. The van der Waals surface area contributed by atoms with Gasteiger partial charge in [-0.1, -0.05) is 18.2 Å². The second kappa shape index (κ2) is 5.49. The Morgan fingerprint density at radius 3 is 2.70 bits per heavy atom. The normalized spacial score (nSPS) is 21.1. The molecule has 3 nitrogen and oxygen atoms in total. The van der Waals surface area contributed by atoms with Crippen molar-refractivity contribution in [1.82, 2.24) is 4.98 Å². The zero-order valence-electron chi connectivity index (χ0n) is 11.3. The minimum Gasteiger partial charge on any atom is -0.496 e. The molecule has 1 aromatic carbocycles. The number of nitrogens with one attached hydrogen (secondary N) is 1. The number of rotatable bonds is 4. The summed E-state index contributed by atoms with van der Waals surface area (Å²) in [6.45, 7) is 0. The Morgan fingerprint density at radius 2 is 2.00 bits per heavy atom. The van der Waals surface area contributed by atoms with Gasteiger partial charge in [0, 0.05) is 6.04 Å². The molecule has 0 unspecified atom stereocenters. The molecule has 0 amide bonds. The summed E-state index contributed by atoms with van der Waals surface area (Å²) >= 11 is 0. The number of halogens is 1. The molecule has 0 atom stereocenters. The van der Waals surface area contributed by atoms with Gasteiger partial charge in [-0.05, 0) is 42.5 Å². The van der Waals surface area contributed by atoms with Crippen molar-refractivity contribution in [3.63, 3.8) is 0 Å². The number of benzene rings is 1. The van der Waals surface area contributed by atoms with Crippen LogP contribution in [0.2, 0.25) is 0 Å². The number of hydrogen-bond acceptors (Lipinski definition) is 3. The summed E-state index contributed by atoms with van der Waals surface area (Å²) in [5.41, 5.74) is 2.14. The molecule has 1 N–H and O–H groups in total. The largest absolute Gasteiger partial charge is 0.496 e. The second-order valence-electron chi connectivity index (χ2n) is 5.12. The molecule has 0 saturated heterocycles. The monoisotopic (exact) mass is 272 g/mol. The van der Waals surface area contributed by atoms with Gasteiger partial charge in [0.05, 0.1) is 19.0 Å². The number of pyridine rings is 1. The van der Waals surface area contributed by atoms with Crippen LogP contribution in [-0.2, 0) is 0 Å². The van der Waals surface area contributed by atoms with Gasteiger partial charge in [-0.2, -0.15) is 4.39 Å². The van der Waals surface area contributed by atoms with Gasteiger partial charge in [-0.25, -0.2) is 4.98 Å². The van der Waals surface area contributed by atoms with Crippen LogP contribution in [-0.4, -0.2) is 18.1 Å². The van der Waals surface area contributed by atoms with Crippen LogP contribution in [0.4, 0.5) is 10.1 Å². The van der Waals surface area contributed by atoms with Crippen molar-refractivity contribution in [1.29, 1.82) is 0 Å². The molecule has 0 bridgehead atoms. The average molecular weight is 272 g/mol. The molecule has 1 aliphatic carbocycles. The summed E-state index contributed by atoms with van der Waals surface area (Å²) in [5, 5.41) is 3.37. The van der Waals surface area contributed by atoms with E-state index in [1.165, 1.54) is 17.8 Å². The SMILES string of the molecule is COc1ccccc1C1CC(Nc2ccc(F)nc2)C1. The third-order valence-electron chi connectivity index (χ3n) is 3.82. The smallest absolute Gasteiger partial charge is 0.212 e. The molecule has 1 heterocycles. The Labute approximate surface area is 117 Å². The number of nitrogens with zero attached hydrogens (tertiary/aromatic N) is 1. The van der Waals surface area contributed by atoms with Gasteiger partial charge in [-0.3, -0.25) is 0 Å². The Hall–Kier alpha value is -2.10. The van der Waals surface area contributed by atoms with E-state index >= 15 is 0 Å². The molecule has 104 valence electrons. The molecular weight excluding hydrogens is 255 g/mol. The Bertz CT molecular complexity index is 579. The number of para-hydroxylation sites is 1. The van der Waals surface area contributed by atoms with Crippen LogP contribution in [0.3, 0.4) is 0 Å². The maximum absolute atomic E-state index is 12.7. The van der Waals surface area contributed by atoms with Crippen molar-refractivity contribution >= 4 is 5.69 Å². The minimum absolute atomic E-state index is 0.414. The zero-order chi connectivity index (χ0) is 13.9. The summed E-state index contributed by atoms with van der Waals surface area (Å²) in [7, 11) is 1.71. The second-order valence-corrected chi connectivity index (χ2v) is 5.12. The van der Waals surface area contributed by atoms with Crippen molar-refractivity contribution < 1.29 is 9.13 Å². The van der Waals surface area contributed by atoms with Gasteiger partial charge in [0.2, 0.25) is 5.95 Å². The molecular formula is C16H17FN2O. The highest BCUT2D eigenvalue weighted by molar-refractivity contribution is 5.44. The predicted molar refractivity (Wildman–Crippen MR) is 76.6 cm³/mol. The Morgan fingerprint density at radius 1 is 1.20 bits per heavy atom. The molecule has 1 aromatic heterocycles. The van der Waals surface area contributed by atoms with Crippen molar-refractivity contribution in [2.75, 3.05) is 12.4 Å². The Balaban J connectivity index is 1.60. The fourth-order valence-electron chi connectivity index (χ4n) is 2.69. The van der Waals surface area contributed by atoms with E-state index in [9.17, 15) is 4.39 Å². The van der Waals surface area contributed by atoms with Crippen molar-refractivity contribution in [2.45, 2.75) is 24.8 Å². The first kappa shape index (κ1) is 12.9. The lowest BCUT2D eigenvalue weighted by Gasteiger charge is -2.37. The molecule has 1 aliphatic rings. The van der Waals surface area contributed by atoms with Crippen LogP contribution in [0.1, 0.15) is 24.3 Å². The van der Waals surface area contributed by atoms with E-state index in [1.54, 1.807) is 13.2 Å². The highest BCUT2D eigenvalue weighted by atomic mass is 19.1. The molecule has 1 saturated carbocycles. The number of anilines is 1. The predicted octanol–water partition coefficient (Wildman–Crippen LogP) is 3.59. The van der Waals surface area contributed by atoms with E-state index in [0.717, 1.165) is 24.3 Å². The van der Waals surface area contributed by atoms with E-state index in [4.69, 9.17) is 4.74 Å². The lowest BCUT2D eigenvalue weighted by molar-refractivity contribution is 0.349. The summed E-state index contributed by atoms with van der Waals surface area (Å²) in [6.07, 6.45) is 3.64. The lowest BCUT2D eigenvalue weighted by Crippen LogP contribution is -2.34. The van der Waals surface area contributed by atoms with E-state index in [1.807, 2.05) is 18.2 Å². The molecule has 0 aliphatic heterocycles. The number of ether oxygens (including phenoxy) is 1. The van der Waals surface area contributed by atoms with Gasteiger partial charge in [-0.15, -0.1) is 0 Å². The van der Waals surface area contributed by atoms with E-state index in [2.05, 4.69) is 16.4 Å². The third kappa shape index (κ3) is 2.59. The van der Waals surface area contributed by atoms with Crippen LogP contribution in [0.5, 0.6) is 5.75 Å². The maximum Gasteiger partial charge on any atom is 0.212 e. The summed E-state index contributed by atoms with van der Waals surface area (Å²) in [6, 6.07) is 11.7. The quantitative estimate of drug-likeness (QED) is 0.864. The molecule has 20 heavy (non-hydrogen) atoms. The standard InChI is InChI=1S/C16H17FN2O/c1-20-15-5-3-2-4-14(15)11-8-13(9-11)19-12-6-7-16(17)18-10-12/h2-7,10-11,13,19H,8-9H2,1H3. The molecule has 2 aromatic rings. The number of methoxy groups -OCH3 is 1. The highest BCUT2D eigenvalue weighted by Crippen LogP contribution is 2.42. The van der Waals surface area contributed by atoms with Crippen molar-refractivity contribution in [3.05, 3.63) is 54.1 Å². The van der Waals surface area contributed by atoms with Gasteiger partial charge in [0.15, 0.2) is 0 Å². The van der Waals surface area contributed by atoms with Crippen LogP contribution < -0.4 is 10.1 Å². The molecule has 1 fully saturated rings. The van der Waals surface area contributed by atoms with Crippen LogP contribution in [0.25, 0.3) is 0 Å². The molecule has 0 radical (unpaired) electrons. The number of aromatic nitrogens is 1.